The number of hydrogen-bond donors (Lipinski definition) is 3. The van der Waals surface area contributed by atoms with Crippen molar-refractivity contribution in [2.75, 3.05) is 60.5 Å². The zero-order valence-corrected chi connectivity index (χ0v) is 48.1. The number of fused-ring (bicyclic) bond motifs is 3. The molecule has 0 saturated carbocycles. The standard InChI is InChI=1S/C21H27N5.C20H25ClN6.C19H22ClN5.CH4/c1-14-5-4-6-16(15(14)2)19-20-17(11-23-19)25-18(12-24-20)26-9-7-21(3,13-22)8-10-26;1-12-17(21)14(4-7-23-12)18-19-15(10-24-18)26-16(11-25-19)27-8-5-20(3,6-9-27)13(2)22;1-12-3-4-14(20)13(9-12)17-18-15(10-22-17)24-16(11-23-18)25-7-5-19(2,21)6-8-25;/h4-6,12H,7-11,13,22H2,1-3H3;4,7,11,13H,5-6,8-10,22H2,1-3H3;3-4,9,11H,5-8,10,21H2,1-2H3;1H4. The lowest BCUT2D eigenvalue weighted by molar-refractivity contribution is 0.205. The van der Waals surface area contributed by atoms with E-state index in [4.69, 9.17) is 70.3 Å². The molecule has 79 heavy (non-hydrogen) atoms. The second kappa shape index (κ2) is 23.4. The van der Waals surface area contributed by atoms with Crippen LogP contribution in [0, 0.1) is 38.5 Å². The first-order valence-electron chi connectivity index (χ1n) is 27.5. The summed E-state index contributed by atoms with van der Waals surface area (Å²) in [5, 5.41) is 1.32. The topological polar surface area (TPSA) is 215 Å². The highest BCUT2D eigenvalue weighted by Gasteiger charge is 2.35. The Morgan fingerprint density at radius 2 is 1.06 bits per heavy atom. The molecule has 3 fully saturated rings. The fourth-order valence-electron chi connectivity index (χ4n) is 10.9. The Labute approximate surface area is 477 Å². The molecule has 16 nitrogen and oxygen atoms in total. The number of nitrogens with two attached hydrogens (primary N) is 3. The van der Waals surface area contributed by atoms with Gasteiger partial charge in [0, 0.05) is 73.7 Å². The van der Waals surface area contributed by atoms with E-state index in [2.05, 4.69) is 100 Å². The van der Waals surface area contributed by atoms with Gasteiger partial charge in [-0.25, -0.2) is 29.9 Å². The Balaban J connectivity index is 0.000000143. The van der Waals surface area contributed by atoms with Crippen molar-refractivity contribution in [3.63, 3.8) is 0 Å². The van der Waals surface area contributed by atoms with E-state index in [1.165, 1.54) is 16.7 Å². The molecule has 0 amide bonds. The highest BCUT2D eigenvalue weighted by atomic mass is 35.5. The highest BCUT2D eigenvalue weighted by molar-refractivity contribution is 6.36. The average molecular weight is 1110 g/mol. The van der Waals surface area contributed by atoms with Crippen molar-refractivity contribution in [3.8, 4) is 0 Å². The monoisotopic (exact) mass is 1100 g/mol. The van der Waals surface area contributed by atoms with Gasteiger partial charge >= 0.3 is 0 Å². The molecule has 1 unspecified atom stereocenters. The second-order valence-electron chi connectivity index (χ2n) is 23.1. The largest absolute Gasteiger partial charge is 0.355 e. The number of aromatic nitrogens is 7. The van der Waals surface area contributed by atoms with Crippen molar-refractivity contribution >= 4 is 57.8 Å². The molecule has 10 heterocycles. The summed E-state index contributed by atoms with van der Waals surface area (Å²) >= 11 is 12.8. The van der Waals surface area contributed by atoms with Crippen molar-refractivity contribution in [2.45, 2.75) is 133 Å². The minimum absolute atomic E-state index is 0. The number of aryl methyl sites for hydroxylation is 3. The van der Waals surface area contributed by atoms with Crippen LogP contribution in [0.1, 0.15) is 147 Å². The maximum atomic E-state index is 6.44. The van der Waals surface area contributed by atoms with Crippen molar-refractivity contribution in [1.82, 2.24) is 34.9 Å². The van der Waals surface area contributed by atoms with E-state index in [1.54, 1.807) is 6.20 Å². The molecule has 0 aliphatic carbocycles. The molecule has 6 aromatic rings. The third-order valence-electron chi connectivity index (χ3n) is 17.2. The summed E-state index contributed by atoms with van der Waals surface area (Å²) in [5.74, 6) is 2.82. The van der Waals surface area contributed by atoms with Gasteiger partial charge in [0.1, 0.15) is 34.5 Å². The van der Waals surface area contributed by atoms with Crippen LogP contribution < -0.4 is 31.9 Å². The summed E-state index contributed by atoms with van der Waals surface area (Å²) in [7, 11) is 0. The van der Waals surface area contributed by atoms with Gasteiger partial charge < -0.3 is 31.9 Å². The molecular weight excluding hydrogens is 1030 g/mol. The lowest BCUT2D eigenvalue weighted by Gasteiger charge is -2.42. The first-order chi connectivity index (χ1) is 37.3. The fraction of sp³-hybridized carbons (Fsp3) is 0.475. The van der Waals surface area contributed by atoms with E-state index in [9.17, 15) is 0 Å². The van der Waals surface area contributed by atoms with E-state index in [1.807, 2.05) is 50.6 Å². The first kappa shape index (κ1) is 57.4. The highest BCUT2D eigenvalue weighted by Crippen LogP contribution is 2.37. The lowest BCUT2D eigenvalue weighted by atomic mass is 9.75. The predicted molar refractivity (Wildman–Crippen MR) is 323 cm³/mol. The summed E-state index contributed by atoms with van der Waals surface area (Å²) in [6, 6.07) is 14.4. The number of anilines is 3. The molecule has 1 atom stereocenters. The van der Waals surface area contributed by atoms with Gasteiger partial charge in [0.05, 0.1) is 88.2 Å². The third-order valence-corrected chi connectivity index (χ3v) is 18.0. The van der Waals surface area contributed by atoms with Gasteiger partial charge in [-0.05, 0) is 127 Å². The van der Waals surface area contributed by atoms with Gasteiger partial charge in [-0.2, -0.15) is 0 Å². The minimum Gasteiger partial charge on any atom is -0.355 e. The van der Waals surface area contributed by atoms with Crippen LogP contribution in [0.4, 0.5) is 17.5 Å². The van der Waals surface area contributed by atoms with Gasteiger partial charge in [-0.15, -0.1) is 0 Å². The smallest absolute Gasteiger partial charge is 0.147 e. The molecule has 416 valence electrons. The Kier molecular flexibility index (Phi) is 17.0. The summed E-state index contributed by atoms with van der Waals surface area (Å²) < 4.78 is 0. The van der Waals surface area contributed by atoms with E-state index in [0.717, 1.165) is 175 Å². The van der Waals surface area contributed by atoms with Crippen molar-refractivity contribution in [2.24, 2.45) is 43.0 Å². The molecule has 3 saturated heterocycles. The summed E-state index contributed by atoms with van der Waals surface area (Å²) in [5.41, 5.74) is 34.2. The van der Waals surface area contributed by atoms with Crippen LogP contribution in [0.2, 0.25) is 10.0 Å². The summed E-state index contributed by atoms with van der Waals surface area (Å²) in [4.78, 5) is 53.9. The molecule has 6 aliphatic rings. The number of piperidine rings is 3. The molecule has 2 aromatic carbocycles. The van der Waals surface area contributed by atoms with Crippen LogP contribution in [0.5, 0.6) is 0 Å². The number of hydrogen-bond acceptors (Lipinski definition) is 16. The van der Waals surface area contributed by atoms with Gasteiger partial charge in [-0.3, -0.25) is 20.0 Å². The van der Waals surface area contributed by atoms with Crippen LogP contribution in [0.3, 0.4) is 0 Å². The minimum atomic E-state index is -0.0706. The zero-order valence-electron chi connectivity index (χ0n) is 46.5. The lowest BCUT2D eigenvalue weighted by Crippen LogP contribution is -2.48. The van der Waals surface area contributed by atoms with E-state index >= 15 is 0 Å². The normalized spacial score (nSPS) is 18.8. The third kappa shape index (κ3) is 12.1. The van der Waals surface area contributed by atoms with E-state index in [0.29, 0.717) is 29.7 Å². The van der Waals surface area contributed by atoms with E-state index in [-0.39, 0.29) is 29.8 Å². The Morgan fingerprint density at radius 1 is 0.595 bits per heavy atom. The molecule has 0 radical (unpaired) electrons. The average Bonchev–Trinajstić information content (AvgIpc) is 4.35. The fourth-order valence-corrected chi connectivity index (χ4v) is 11.4. The predicted octanol–water partition coefficient (Wildman–Crippen LogP) is 9.89. The summed E-state index contributed by atoms with van der Waals surface area (Å²) in [6.45, 7) is 25.2. The Bertz CT molecular complexity index is 3310. The molecule has 0 spiro atoms. The van der Waals surface area contributed by atoms with Gasteiger partial charge in [-0.1, -0.05) is 74.3 Å². The molecule has 12 rings (SSSR count). The SMILES string of the molecule is C.Cc1ccc(Cl)c(C2=NCc3nc(N4CCC(C)(N)CC4)cnc32)c1.Cc1cccc(C2=NCc3nc(N4CCC(C)(CN)CC4)cnc32)c1C.Cc1nccc(C2=NCc3nc(N4CCC(C)(C(C)N)CC4)cnc32)c1Cl. The Hall–Kier alpha value is -6.30. The number of benzene rings is 2. The van der Waals surface area contributed by atoms with Crippen molar-refractivity contribution in [3.05, 3.63) is 151 Å². The molecule has 0 bridgehead atoms. The van der Waals surface area contributed by atoms with Crippen molar-refractivity contribution in [1.29, 1.82) is 0 Å². The van der Waals surface area contributed by atoms with Gasteiger partial charge in [0.2, 0.25) is 0 Å². The second-order valence-corrected chi connectivity index (χ2v) is 23.9. The van der Waals surface area contributed by atoms with Crippen molar-refractivity contribution < 1.29 is 0 Å². The Morgan fingerprint density at radius 3 is 1.56 bits per heavy atom. The van der Waals surface area contributed by atoms with Crippen LogP contribution in [0.15, 0.2) is 82.2 Å². The molecule has 4 aromatic heterocycles. The summed E-state index contributed by atoms with van der Waals surface area (Å²) in [6.07, 6.45) is 13.6. The molecular formula is C61H78Cl2N16. The number of nitrogens with zero attached hydrogens (tertiary/aromatic N) is 13. The molecule has 18 heteroatoms. The number of pyridine rings is 1. The maximum absolute atomic E-state index is 6.44. The van der Waals surface area contributed by atoms with Crippen LogP contribution >= 0.6 is 23.2 Å². The number of rotatable bonds is 8. The number of aliphatic imine (C=N–C) groups is 3. The quantitative estimate of drug-likeness (QED) is 0.130. The van der Waals surface area contributed by atoms with E-state index < -0.39 is 0 Å². The zero-order chi connectivity index (χ0) is 55.1. The van der Waals surface area contributed by atoms with Crippen LogP contribution in [-0.2, 0) is 19.6 Å². The first-order valence-corrected chi connectivity index (χ1v) is 28.2. The van der Waals surface area contributed by atoms with Gasteiger partial charge in [0.25, 0.3) is 0 Å². The van der Waals surface area contributed by atoms with Crippen LogP contribution in [-0.4, -0.2) is 109 Å². The van der Waals surface area contributed by atoms with Gasteiger partial charge in [0.15, 0.2) is 0 Å². The van der Waals surface area contributed by atoms with Crippen LogP contribution in [0.25, 0.3) is 0 Å². The molecule has 6 N–H and O–H groups in total. The maximum Gasteiger partial charge on any atom is 0.147 e. The number of halogens is 2. The molecule has 6 aliphatic heterocycles.